The molecule has 0 aliphatic heterocycles. The van der Waals surface area contributed by atoms with Crippen molar-refractivity contribution in [2.45, 2.75) is 57.1 Å². The van der Waals surface area contributed by atoms with Crippen molar-refractivity contribution in [1.29, 1.82) is 0 Å². The first-order valence-electron chi connectivity index (χ1n) is 8.30. The zero-order valence-corrected chi connectivity index (χ0v) is 13.8. The Bertz CT molecular complexity index is 553. The third-order valence-corrected chi connectivity index (χ3v) is 4.72. The Hall–Kier alpha value is -1.62. The van der Waals surface area contributed by atoms with Crippen LogP contribution < -0.4 is 10.1 Å². The SMILES string of the molecule is O=C(NC1CCC(Oc2ncc(Cl)cn2)CC1)C1CC=CCC1. The van der Waals surface area contributed by atoms with Crippen LogP contribution in [-0.2, 0) is 4.79 Å². The fraction of sp³-hybridized carbons (Fsp3) is 0.588. The first-order valence-corrected chi connectivity index (χ1v) is 8.68. The van der Waals surface area contributed by atoms with Crippen LogP contribution in [0.2, 0.25) is 5.02 Å². The quantitative estimate of drug-likeness (QED) is 0.857. The predicted octanol–water partition coefficient (Wildman–Crippen LogP) is 3.29. The number of carbonyl (C=O) groups is 1. The molecule has 1 aromatic rings. The summed E-state index contributed by atoms with van der Waals surface area (Å²) < 4.78 is 5.78. The fourth-order valence-corrected chi connectivity index (χ4v) is 3.28. The van der Waals surface area contributed by atoms with Gasteiger partial charge in [0.25, 0.3) is 0 Å². The Morgan fingerprint density at radius 2 is 1.87 bits per heavy atom. The summed E-state index contributed by atoms with van der Waals surface area (Å²) in [4.78, 5) is 20.4. The molecule has 1 unspecified atom stereocenters. The summed E-state index contributed by atoms with van der Waals surface area (Å²) in [6, 6.07) is 0.635. The van der Waals surface area contributed by atoms with E-state index in [0.717, 1.165) is 44.9 Å². The number of nitrogens with zero attached hydrogens (tertiary/aromatic N) is 2. The molecular weight excluding hydrogens is 314 g/mol. The number of carbonyl (C=O) groups excluding carboxylic acids is 1. The number of amides is 1. The maximum Gasteiger partial charge on any atom is 0.316 e. The Kier molecular flexibility index (Phi) is 5.49. The van der Waals surface area contributed by atoms with E-state index in [1.54, 1.807) is 0 Å². The molecule has 1 amide bonds. The van der Waals surface area contributed by atoms with Gasteiger partial charge in [-0.15, -0.1) is 0 Å². The van der Waals surface area contributed by atoms with E-state index in [-0.39, 0.29) is 24.0 Å². The number of hydrogen-bond donors (Lipinski definition) is 1. The lowest BCUT2D eigenvalue weighted by molar-refractivity contribution is -0.126. The highest BCUT2D eigenvalue weighted by Crippen LogP contribution is 2.24. The van der Waals surface area contributed by atoms with Crippen molar-refractivity contribution in [1.82, 2.24) is 15.3 Å². The van der Waals surface area contributed by atoms with E-state index in [1.165, 1.54) is 12.4 Å². The van der Waals surface area contributed by atoms with Crippen LogP contribution in [0.15, 0.2) is 24.5 Å². The minimum absolute atomic E-state index is 0.113. The predicted molar refractivity (Wildman–Crippen MR) is 88.3 cm³/mol. The molecule has 1 N–H and O–H groups in total. The molecule has 0 saturated heterocycles. The monoisotopic (exact) mass is 335 g/mol. The third kappa shape index (κ3) is 4.67. The first-order chi connectivity index (χ1) is 11.2. The molecular formula is C17H22ClN3O2. The van der Waals surface area contributed by atoms with Gasteiger partial charge in [0, 0.05) is 12.0 Å². The van der Waals surface area contributed by atoms with Gasteiger partial charge < -0.3 is 10.1 Å². The second-order valence-electron chi connectivity index (χ2n) is 6.27. The molecule has 1 heterocycles. The second-order valence-corrected chi connectivity index (χ2v) is 6.70. The molecule has 2 aliphatic carbocycles. The number of aromatic nitrogens is 2. The van der Waals surface area contributed by atoms with Gasteiger partial charge in [-0.2, -0.15) is 0 Å². The van der Waals surface area contributed by atoms with E-state index >= 15 is 0 Å². The molecule has 124 valence electrons. The minimum atomic E-state index is 0.113. The molecule has 0 aromatic carbocycles. The molecule has 1 saturated carbocycles. The van der Waals surface area contributed by atoms with E-state index in [9.17, 15) is 4.79 Å². The number of nitrogens with one attached hydrogen (secondary N) is 1. The standard InChI is InChI=1S/C17H22ClN3O2/c18-13-10-19-17(20-11-13)23-15-8-6-14(7-9-15)21-16(22)12-4-2-1-3-5-12/h1-2,10-12,14-15H,3-9H2,(H,21,22). The van der Waals surface area contributed by atoms with Gasteiger partial charge in [-0.3, -0.25) is 4.79 Å². The number of halogens is 1. The Morgan fingerprint density at radius 1 is 1.13 bits per heavy atom. The van der Waals surface area contributed by atoms with Gasteiger partial charge in [0.1, 0.15) is 6.10 Å². The molecule has 0 bridgehead atoms. The van der Waals surface area contributed by atoms with Crippen LogP contribution in [0.3, 0.4) is 0 Å². The number of hydrogen-bond acceptors (Lipinski definition) is 4. The molecule has 2 aliphatic rings. The fourth-order valence-electron chi connectivity index (χ4n) is 3.19. The van der Waals surface area contributed by atoms with Crippen molar-refractivity contribution in [3.8, 4) is 6.01 Å². The summed E-state index contributed by atoms with van der Waals surface area (Å²) >= 11 is 5.76. The summed E-state index contributed by atoms with van der Waals surface area (Å²) in [7, 11) is 0. The molecule has 23 heavy (non-hydrogen) atoms. The van der Waals surface area contributed by atoms with Gasteiger partial charge >= 0.3 is 6.01 Å². The zero-order valence-electron chi connectivity index (χ0n) is 13.1. The van der Waals surface area contributed by atoms with E-state index in [4.69, 9.17) is 16.3 Å². The summed E-state index contributed by atoms with van der Waals surface area (Å²) in [5, 5.41) is 3.70. The van der Waals surface area contributed by atoms with Crippen molar-refractivity contribution in [3.05, 3.63) is 29.6 Å². The lowest BCUT2D eigenvalue weighted by Crippen LogP contribution is -2.42. The molecule has 5 nitrogen and oxygen atoms in total. The van der Waals surface area contributed by atoms with E-state index in [1.807, 2.05) is 0 Å². The van der Waals surface area contributed by atoms with Crippen LogP contribution in [0.25, 0.3) is 0 Å². The zero-order chi connectivity index (χ0) is 16.1. The van der Waals surface area contributed by atoms with E-state index in [0.29, 0.717) is 11.0 Å². The van der Waals surface area contributed by atoms with Crippen LogP contribution in [0, 0.1) is 5.92 Å². The summed E-state index contributed by atoms with van der Waals surface area (Å²) in [6.07, 6.45) is 14.0. The molecule has 1 aromatic heterocycles. The van der Waals surface area contributed by atoms with E-state index < -0.39 is 0 Å². The molecule has 1 fully saturated rings. The van der Waals surface area contributed by atoms with Crippen molar-refractivity contribution in [3.63, 3.8) is 0 Å². The van der Waals surface area contributed by atoms with Gasteiger partial charge in [-0.05, 0) is 44.9 Å². The highest BCUT2D eigenvalue weighted by Gasteiger charge is 2.26. The molecule has 3 rings (SSSR count). The smallest absolute Gasteiger partial charge is 0.316 e. The number of allylic oxidation sites excluding steroid dienone is 2. The van der Waals surface area contributed by atoms with Gasteiger partial charge in [0.2, 0.25) is 5.91 Å². The van der Waals surface area contributed by atoms with Gasteiger partial charge in [-0.25, -0.2) is 9.97 Å². The summed E-state index contributed by atoms with van der Waals surface area (Å²) in [5.74, 6) is 0.358. The van der Waals surface area contributed by atoms with Crippen LogP contribution >= 0.6 is 11.6 Å². The van der Waals surface area contributed by atoms with Gasteiger partial charge in [0.05, 0.1) is 17.4 Å². The molecule has 0 spiro atoms. The van der Waals surface area contributed by atoms with Crippen LogP contribution in [0.5, 0.6) is 6.01 Å². The highest BCUT2D eigenvalue weighted by molar-refractivity contribution is 6.30. The van der Waals surface area contributed by atoms with Crippen LogP contribution in [0.4, 0.5) is 0 Å². The maximum absolute atomic E-state index is 12.3. The molecule has 1 atom stereocenters. The maximum atomic E-state index is 12.3. The van der Waals surface area contributed by atoms with Gasteiger partial charge in [0.15, 0.2) is 0 Å². The van der Waals surface area contributed by atoms with Crippen molar-refractivity contribution in [2.75, 3.05) is 0 Å². The average Bonchev–Trinajstić information content (AvgIpc) is 2.59. The first kappa shape index (κ1) is 16.2. The lowest BCUT2D eigenvalue weighted by atomic mass is 9.90. The van der Waals surface area contributed by atoms with Crippen molar-refractivity contribution in [2.24, 2.45) is 5.92 Å². The van der Waals surface area contributed by atoms with Gasteiger partial charge in [-0.1, -0.05) is 23.8 Å². The third-order valence-electron chi connectivity index (χ3n) is 4.53. The summed E-state index contributed by atoms with van der Waals surface area (Å²) in [6.45, 7) is 0. The number of rotatable bonds is 4. The highest BCUT2D eigenvalue weighted by atomic mass is 35.5. The normalized spacial score (nSPS) is 27.4. The number of ether oxygens (including phenoxy) is 1. The Balaban J connectivity index is 1.42. The van der Waals surface area contributed by atoms with Crippen molar-refractivity contribution >= 4 is 17.5 Å². The second kappa shape index (κ2) is 7.77. The minimum Gasteiger partial charge on any atom is -0.460 e. The van der Waals surface area contributed by atoms with Crippen molar-refractivity contribution < 1.29 is 9.53 Å². The molecule has 6 heteroatoms. The Labute approximate surface area is 141 Å². The van der Waals surface area contributed by atoms with E-state index in [2.05, 4.69) is 27.4 Å². The van der Waals surface area contributed by atoms with Crippen LogP contribution in [-0.4, -0.2) is 28.0 Å². The largest absolute Gasteiger partial charge is 0.460 e. The average molecular weight is 336 g/mol. The summed E-state index contributed by atoms with van der Waals surface area (Å²) in [5.41, 5.74) is 0. The Morgan fingerprint density at radius 3 is 2.52 bits per heavy atom. The topological polar surface area (TPSA) is 64.1 Å². The lowest BCUT2D eigenvalue weighted by Gasteiger charge is -2.30. The van der Waals surface area contributed by atoms with Crippen LogP contribution in [0.1, 0.15) is 44.9 Å². The molecule has 0 radical (unpaired) electrons.